The van der Waals surface area contributed by atoms with Crippen LogP contribution in [-0.4, -0.2) is 52.7 Å². The number of para-hydroxylation sites is 1. The van der Waals surface area contributed by atoms with E-state index in [2.05, 4.69) is 10.00 Å². The third-order valence-corrected chi connectivity index (χ3v) is 5.11. The molecule has 1 fully saturated rings. The second kappa shape index (κ2) is 7.79. The molecule has 2 N–H and O–H groups in total. The molecule has 1 saturated heterocycles. The molecule has 7 nitrogen and oxygen atoms in total. The van der Waals surface area contributed by atoms with Gasteiger partial charge in [0.15, 0.2) is 0 Å². The molecule has 0 atom stereocenters. The van der Waals surface area contributed by atoms with Gasteiger partial charge in [-0.2, -0.15) is 5.10 Å². The Morgan fingerprint density at radius 2 is 1.59 bits per heavy atom. The number of carbonyl (C=O) groups excluding carboxylic acids is 2. The van der Waals surface area contributed by atoms with Gasteiger partial charge in [0.25, 0.3) is 5.91 Å². The number of amides is 2. The Labute approximate surface area is 169 Å². The zero-order chi connectivity index (χ0) is 20.4. The van der Waals surface area contributed by atoms with Crippen LogP contribution in [0.4, 0.5) is 5.69 Å². The minimum absolute atomic E-state index is 0.0278. The summed E-state index contributed by atoms with van der Waals surface area (Å²) in [6.45, 7) is 4.45. The van der Waals surface area contributed by atoms with E-state index in [1.54, 1.807) is 16.8 Å². The van der Waals surface area contributed by atoms with E-state index < -0.39 is 5.91 Å². The number of primary amides is 1. The molecule has 7 heteroatoms. The van der Waals surface area contributed by atoms with E-state index in [4.69, 9.17) is 5.73 Å². The van der Waals surface area contributed by atoms with Gasteiger partial charge in [0.1, 0.15) is 5.69 Å². The van der Waals surface area contributed by atoms with Crippen LogP contribution in [0.5, 0.6) is 0 Å². The van der Waals surface area contributed by atoms with Gasteiger partial charge in [-0.15, -0.1) is 0 Å². The zero-order valence-corrected chi connectivity index (χ0v) is 16.3. The van der Waals surface area contributed by atoms with Gasteiger partial charge in [-0.25, -0.2) is 4.68 Å². The van der Waals surface area contributed by atoms with E-state index >= 15 is 0 Å². The van der Waals surface area contributed by atoms with Crippen LogP contribution >= 0.6 is 0 Å². The van der Waals surface area contributed by atoms with Crippen molar-refractivity contribution in [3.8, 4) is 5.69 Å². The van der Waals surface area contributed by atoms with E-state index in [1.165, 1.54) is 0 Å². The van der Waals surface area contributed by atoms with Crippen molar-refractivity contribution in [1.29, 1.82) is 0 Å². The second-order valence-corrected chi connectivity index (χ2v) is 7.11. The summed E-state index contributed by atoms with van der Waals surface area (Å²) in [6, 6.07) is 18.8. The summed E-state index contributed by atoms with van der Waals surface area (Å²) in [7, 11) is 0. The third-order valence-electron chi connectivity index (χ3n) is 5.11. The average Bonchev–Trinajstić information content (AvgIpc) is 3.16. The molecule has 0 saturated carbocycles. The number of carbonyl (C=O) groups is 2. The molecule has 148 valence electrons. The van der Waals surface area contributed by atoms with Gasteiger partial charge in [0.05, 0.1) is 11.4 Å². The standard InChI is InChI=1S/C22H23N5O2/c1-16-14-20(27(24-16)18-7-3-2-4-8-18)22(29)26-12-10-25(11-13-26)19-9-5-6-17(15-19)21(23)28/h2-9,14-15H,10-13H2,1H3,(H2,23,28). The van der Waals surface area contributed by atoms with Crippen molar-refractivity contribution in [3.63, 3.8) is 0 Å². The van der Waals surface area contributed by atoms with Crippen LogP contribution in [0.1, 0.15) is 26.5 Å². The van der Waals surface area contributed by atoms with Gasteiger partial charge in [0, 0.05) is 37.4 Å². The second-order valence-electron chi connectivity index (χ2n) is 7.11. The van der Waals surface area contributed by atoms with Crippen molar-refractivity contribution >= 4 is 17.5 Å². The van der Waals surface area contributed by atoms with Gasteiger partial charge >= 0.3 is 0 Å². The van der Waals surface area contributed by atoms with Crippen molar-refractivity contribution in [2.24, 2.45) is 5.73 Å². The van der Waals surface area contributed by atoms with E-state index in [1.807, 2.05) is 60.4 Å². The molecule has 4 rings (SSSR count). The lowest BCUT2D eigenvalue weighted by atomic mass is 10.1. The maximum atomic E-state index is 13.2. The summed E-state index contributed by atoms with van der Waals surface area (Å²) in [6.07, 6.45) is 0. The highest BCUT2D eigenvalue weighted by atomic mass is 16.2. The van der Waals surface area contributed by atoms with Crippen molar-refractivity contribution in [2.75, 3.05) is 31.1 Å². The lowest BCUT2D eigenvalue weighted by molar-refractivity contribution is 0.0737. The Morgan fingerprint density at radius 3 is 2.28 bits per heavy atom. The highest BCUT2D eigenvalue weighted by molar-refractivity contribution is 5.94. The predicted octanol–water partition coefficient (Wildman–Crippen LogP) is 2.24. The smallest absolute Gasteiger partial charge is 0.272 e. The van der Waals surface area contributed by atoms with Crippen molar-refractivity contribution in [3.05, 3.63) is 77.6 Å². The number of anilines is 1. The van der Waals surface area contributed by atoms with Gasteiger partial charge < -0.3 is 15.5 Å². The summed E-state index contributed by atoms with van der Waals surface area (Å²) in [5.74, 6) is -0.467. The van der Waals surface area contributed by atoms with Crippen LogP contribution in [0.3, 0.4) is 0 Å². The maximum absolute atomic E-state index is 13.2. The van der Waals surface area contributed by atoms with E-state index in [9.17, 15) is 9.59 Å². The number of hydrogen-bond acceptors (Lipinski definition) is 4. The molecule has 0 aliphatic carbocycles. The van der Waals surface area contributed by atoms with Gasteiger partial charge in [-0.3, -0.25) is 9.59 Å². The summed E-state index contributed by atoms with van der Waals surface area (Å²) < 4.78 is 1.71. The molecular formula is C22H23N5O2. The lowest BCUT2D eigenvalue weighted by Gasteiger charge is -2.36. The Balaban J connectivity index is 1.49. The first-order chi connectivity index (χ1) is 14.0. The first-order valence-corrected chi connectivity index (χ1v) is 9.59. The van der Waals surface area contributed by atoms with Crippen LogP contribution in [0.15, 0.2) is 60.7 Å². The molecule has 0 spiro atoms. The summed E-state index contributed by atoms with van der Waals surface area (Å²) >= 11 is 0. The van der Waals surface area contributed by atoms with Crippen molar-refractivity contribution in [2.45, 2.75) is 6.92 Å². The number of benzene rings is 2. The number of aromatic nitrogens is 2. The molecule has 29 heavy (non-hydrogen) atoms. The van der Waals surface area contributed by atoms with Crippen LogP contribution in [0.25, 0.3) is 5.69 Å². The zero-order valence-electron chi connectivity index (χ0n) is 16.3. The van der Waals surface area contributed by atoms with Crippen LogP contribution in [0.2, 0.25) is 0 Å². The van der Waals surface area contributed by atoms with Crippen LogP contribution in [0, 0.1) is 6.92 Å². The first kappa shape index (κ1) is 18.7. The Kier molecular flexibility index (Phi) is 5.03. The third kappa shape index (κ3) is 3.85. The molecule has 0 bridgehead atoms. The molecule has 1 aromatic heterocycles. The molecule has 0 unspecified atom stereocenters. The quantitative estimate of drug-likeness (QED) is 0.742. The lowest BCUT2D eigenvalue weighted by Crippen LogP contribution is -2.49. The monoisotopic (exact) mass is 389 g/mol. The Morgan fingerprint density at radius 1 is 0.897 bits per heavy atom. The van der Waals surface area contributed by atoms with E-state index in [0.29, 0.717) is 37.4 Å². The summed E-state index contributed by atoms with van der Waals surface area (Å²) in [5.41, 5.74) is 9.05. The minimum atomic E-state index is -0.440. The largest absolute Gasteiger partial charge is 0.368 e. The fraction of sp³-hybridized carbons (Fsp3) is 0.227. The predicted molar refractivity (Wildman–Crippen MR) is 111 cm³/mol. The molecule has 0 radical (unpaired) electrons. The molecular weight excluding hydrogens is 366 g/mol. The van der Waals surface area contributed by atoms with Crippen LogP contribution in [-0.2, 0) is 0 Å². The van der Waals surface area contributed by atoms with E-state index in [-0.39, 0.29) is 5.91 Å². The maximum Gasteiger partial charge on any atom is 0.272 e. The fourth-order valence-corrected chi connectivity index (χ4v) is 3.60. The molecule has 3 aromatic rings. The first-order valence-electron chi connectivity index (χ1n) is 9.59. The molecule has 2 heterocycles. The normalized spacial score (nSPS) is 14.1. The number of nitrogens with two attached hydrogens (primary N) is 1. The van der Waals surface area contributed by atoms with Gasteiger partial charge in [0.2, 0.25) is 5.91 Å². The Bertz CT molecular complexity index is 1040. The van der Waals surface area contributed by atoms with Gasteiger partial charge in [-0.05, 0) is 43.3 Å². The van der Waals surface area contributed by atoms with Crippen LogP contribution < -0.4 is 10.6 Å². The molecule has 2 aromatic carbocycles. The Hall–Kier alpha value is -3.61. The summed E-state index contributed by atoms with van der Waals surface area (Å²) in [4.78, 5) is 28.6. The fourth-order valence-electron chi connectivity index (χ4n) is 3.60. The van der Waals surface area contributed by atoms with E-state index in [0.717, 1.165) is 17.1 Å². The number of hydrogen-bond donors (Lipinski definition) is 1. The number of piperazine rings is 1. The number of rotatable bonds is 4. The number of aryl methyl sites for hydroxylation is 1. The topological polar surface area (TPSA) is 84.5 Å². The molecule has 1 aliphatic heterocycles. The molecule has 1 aliphatic rings. The van der Waals surface area contributed by atoms with Crippen molar-refractivity contribution < 1.29 is 9.59 Å². The van der Waals surface area contributed by atoms with Crippen molar-refractivity contribution in [1.82, 2.24) is 14.7 Å². The minimum Gasteiger partial charge on any atom is -0.368 e. The average molecular weight is 389 g/mol. The highest BCUT2D eigenvalue weighted by Crippen LogP contribution is 2.20. The SMILES string of the molecule is Cc1cc(C(=O)N2CCN(c3cccc(C(N)=O)c3)CC2)n(-c2ccccc2)n1. The molecule has 2 amide bonds. The van der Waals surface area contributed by atoms with Gasteiger partial charge in [-0.1, -0.05) is 24.3 Å². The highest BCUT2D eigenvalue weighted by Gasteiger charge is 2.25. The summed E-state index contributed by atoms with van der Waals surface area (Å²) in [5, 5.41) is 4.50. The number of nitrogens with zero attached hydrogens (tertiary/aromatic N) is 4.